The zero-order chi connectivity index (χ0) is 13.7. The Kier molecular flexibility index (Phi) is 4.54. The molecule has 1 amide bonds. The van der Waals surface area contributed by atoms with Gasteiger partial charge in [-0.05, 0) is 12.1 Å². The largest absolute Gasteiger partial charge is 0.395 e. The van der Waals surface area contributed by atoms with E-state index in [1.54, 1.807) is 7.11 Å². The summed E-state index contributed by atoms with van der Waals surface area (Å²) in [7, 11) is 1.64. The van der Waals surface area contributed by atoms with Crippen molar-refractivity contribution in [2.24, 2.45) is 0 Å². The third-order valence-corrected chi connectivity index (χ3v) is 2.96. The summed E-state index contributed by atoms with van der Waals surface area (Å²) in [6.45, 7) is 1.35. The first kappa shape index (κ1) is 13.6. The molecular formula is C14H18N2O3. The van der Waals surface area contributed by atoms with Gasteiger partial charge in [0, 0.05) is 31.1 Å². The van der Waals surface area contributed by atoms with E-state index in [1.807, 2.05) is 34.9 Å². The van der Waals surface area contributed by atoms with E-state index in [4.69, 9.17) is 9.84 Å². The molecule has 19 heavy (non-hydrogen) atoms. The lowest BCUT2D eigenvalue weighted by Gasteiger charge is -2.10. The molecule has 1 aromatic heterocycles. The van der Waals surface area contributed by atoms with E-state index >= 15 is 0 Å². The second kappa shape index (κ2) is 6.36. The first-order chi connectivity index (χ1) is 9.27. The molecule has 2 rings (SSSR count). The Labute approximate surface area is 111 Å². The highest BCUT2D eigenvalue weighted by Crippen LogP contribution is 2.19. The molecule has 0 atom stereocenters. The Morgan fingerprint density at radius 3 is 2.95 bits per heavy atom. The third-order valence-electron chi connectivity index (χ3n) is 2.96. The van der Waals surface area contributed by atoms with Gasteiger partial charge in [0.25, 0.3) is 5.91 Å². The number of hydrogen-bond donors (Lipinski definition) is 2. The van der Waals surface area contributed by atoms with Crippen molar-refractivity contribution in [2.45, 2.75) is 6.54 Å². The van der Waals surface area contributed by atoms with E-state index in [2.05, 4.69) is 5.32 Å². The average Bonchev–Trinajstić information content (AvgIpc) is 2.81. The fourth-order valence-corrected chi connectivity index (χ4v) is 2.08. The fraction of sp³-hybridized carbons (Fsp3) is 0.357. The lowest BCUT2D eigenvalue weighted by atomic mass is 10.2. The number of aliphatic hydroxyl groups excluding tert-OH is 1. The van der Waals surface area contributed by atoms with Crippen molar-refractivity contribution >= 4 is 16.8 Å². The van der Waals surface area contributed by atoms with Gasteiger partial charge in [-0.25, -0.2) is 0 Å². The van der Waals surface area contributed by atoms with Crippen LogP contribution in [-0.4, -0.2) is 42.4 Å². The number of nitrogens with one attached hydrogen (secondary N) is 1. The molecule has 2 N–H and O–H groups in total. The second-order valence-corrected chi connectivity index (χ2v) is 4.21. The molecule has 5 heteroatoms. The predicted octanol–water partition coefficient (Wildman–Crippen LogP) is 1.01. The number of nitrogens with zero attached hydrogens (tertiary/aromatic N) is 1. The molecule has 0 spiro atoms. The minimum atomic E-state index is -0.179. The zero-order valence-electron chi connectivity index (χ0n) is 10.9. The zero-order valence-corrected chi connectivity index (χ0v) is 10.9. The van der Waals surface area contributed by atoms with Gasteiger partial charge in [-0.15, -0.1) is 0 Å². The first-order valence-corrected chi connectivity index (χ1v) is 6.24. The summed E-state index contributed by atoms with van der Waals surface area (Å²) in [5, 5.41) is 12.5. The summed E-state index contributed by atoms with van der Waals surface area (Å²) in [5.41, 5.74) is 1.60. The van der Waals surface area contributed by atoms with Crippen molar-refractivity contribution in [3.05, 3.63) is 36.0 Å². The summed E-state index contributed by atoms with van der Waals surface area (Å²) in [4.78, 5) is 12.1. The van der Waals surface area contributed by atoms with Crippen LogP contribution in [0.15, 0.2) is 30.3 Å². The first-order valence-electron chi connectivity index (χ1n) is 6.24. The Hall–Kier alpha value is -1.85. The Morgan fingerprint density at radius 2 is 2.21 bits per heavy atom. The molecule has 1 heterocycles. The van der Waals surface area contributed by atoms with Crippen molar-refractivity contribution in [3.63, 3.8) is 0 Å². The van der Waals surface area contributed by atoms with Crippen LogP contribution >= 0.6 is 0 Å². The van der Waals surface area contributed by atoms with Crippen LogP contribution in [0, 0.1) is 0 Å². The van der Waals surface area contributed by atoms with Crippen molar-refractivity contribution in [2.75, 3.05) is 26.9 Å². The van der Waals surface area contributed by atoms with Crippen molar-refractivity contribution in [1.29, 1.82) is 0 Å². The van der Waals surface area contributed by atoms with Gasteiger partial charge in [0.05, 0.1) is 13.2 Å². The SMILES string of the molecule is COCCn1c(C(=O)NCCO)cc2ccccc21. The number of ether oxygens (including phenoxy) is 1. The quantitative estimate of drug-likeness (QED) is 0.816. The van der Waals surface area contributed by atoms with E-state index in [1.165, 1.54) is 0 Å². The van der Waals surface area contributed by atoms with Gasteiger partial charge in [0.15, 0.2) is 0 Å². The smallest absolute Gasteiger partial charge is 0.268 e. The number of aliphatic hydroxyl groups is 1. The summed E-state index contributed by atoms with van der Waals surface area (Å²) >= 11 is 0. The van der Waals surface area contributed by atoms with Crippen LogP contribution < -0.4 is 5.32 Å². The monoisotopic (exact) mass is 262 g/mol. The van der Waals surface area contributed by atoms with E-state index in [9.17, 15) is 4.79 Å². The van der Waals surface area contributed by atoms with Crippen LogP contribution in [0.5, 0.6) is 0 Å². The molecule has 0 bridgehead atoms. The molecule has 0 aliphatic carbocycles. The van der Waals surface area contributed by atoms with Gasteiger partial charge in [-0.3, -0.25) is 4.79 Å². The maximum atomic E-state index is 12.1. The number of rotatable bonds is 6. The van der Waals surface area contributed by atoms with Crippen molar-refractivity contribution in [3.8, 4) is 0 Å². The summed E-state index contributed by atoms with van der Waals surface area (Å²) in [5.74, 6) is -0.179. The van der Waals surface area contributed by atoms with Gasteiger partial charge < -0.3 is 19.7 Å². The Morgan fingerprint density at radius 1 is 1.42 bits per heavy atom. The number of carbonyl (C=O) groups excluding carboxylic acids is 1. The van der Waals surface area contributed by atoms with Crippen LogP contribution in [0.2, 0.25) is 0 Å². The minimum absolute atomic E-state index is 0.0654. The number of aromatic nitrogens is 1. The molecule has 0 saturated heterocycles. The van der Waals surface area contributed by atoms with Gasteiger partial charge in [-0.2, -0.15) is 0 Å². The maximum Gasteiger partial charge on any atom is 0.268 e. The molecule has 1 aromatic carbocycles. The molecule has 2 aromatic rings. The predicted molar refractivity (Wildman–Crippen MR) is 73.2 cm³/mol. The Bertz CT molecular complexity index is 563. The fourth-order valence-electron chi connectivity index (χ4n) is 2.08. The number of benzene rings is 1. The van der Waals surface area contributed by atoms with Crippen LogP contribution in [0.4, 0.5) is 0 Å². The van der Waals surface area contributed by atoms with Crippen LogP contribution in [0.1, 0.15) is 10.5 Å². The number of para-hydroxylation sites is 1. The number of hydrogen-bond acceptors (Lipinski definition) is 3. The van der Waals surface area contributed by atoms with Crippen molar-refractivity contribution in [1.82, 2.24) is 9.88 Å². The molecular weight excluding hydrogens is 244 g/mol. The van der Waals surface area contributed by atoms with Gasteiger partial charge >= 0.3 is 0 Å². The van der Waals surface area contributed by atoms with E-state index in [-0.39, 0.29) is 19.1 Å². The highest BCUT2D eigenvalue weighted by atomic mass is 16.5. The number of methoxy groups -OCH3 is 1. The molecule has 0 aliphatic rings. The molecule has 0 fully saturated rings. The van der Waals surface area contributed by atoms with Gasteiger partial charge in [-0.1, -0.05) is 18.2 Å². The molecule has 0 radical (unpaired) electrons. The number of carbonyl (C=O) groups is 1. The molecule has 0 saturated carbocycles. The normalized spacial score (nSPS) is 10.8. The van der Waals surface area contributed by atoms with Gasteiger partial charge in [0.2, 0.25) is 0 Å². The van der Waals surface area contributed by atoms with E-state index < -0.39 is 0 Å². The summed E-state index contributed by atoms with van der Waals surface area (Å²) in [6.07, 6.45) is 0. The topological polar surface area (TPSA) is 63.5 Å². The van der Waals surface area contributed by atoms with Crippen molar-refractivity contribution < 1.29 is 14.6 Å². The molecule has 0 unspecified atom stereocenters. The highest BCUT2D eigenvalue weighted by molar-refractivity contribution is 5.98. The minimum Gasteiger partial charge on any atom is -0.395 e. The molecule has 5 nitrogen and oxygen atoms in total. The number of fused-ring (bicyclic) bond motifs is 1. The summed E-state index contributed by atoms with van der Waals surface area (Å²) in [6, 6.07) is 9.70. The van der Waals surface area contributed by atoms with Crippen LogP contribution in [0.3, 0.4) is 0 Å². The molecule has 102 valence electrons. The average molecular weight is 262 g/mol. The van der Waals surface area contributed by atoms with E-state index in [0.29, 0.717) is 18.8 Å². The maximum absolute atomic E-state index is 12.1. The highest BCUT2D eigenvalue weighted by Gasteiger charge is 2.14. The standard InChI is InChI=1S/C14H18N2O3/c1-19-9-7-16-12-5-3-2-4-11(12)10-13(16)14(18)15-6-8-17/h2-5,10,17H,6-9H2,1H3,(H,15,18). The lowest BCUT2D eigenvalue weighted by molar-refractivity contribution is 0.0933. The second-order valence-electron chi connectivity index (χ2n) is 4.21. The van der Waals surface area contributed by atoms with Gasteiger partial charge in [0.1, 0.15) is 5.69 Å². The van der Waals surface area contributed by atoms with Crippen LogP contribution in [0.25, 0.3) is 10.9 Å². The lowest BCUT2D eigenvalue weighted by Crippen LogP contribution is -2.28. The van der Waals surface area contributed by atoms with Crippen LogP contribution in [-0.2, 0) is 11.3 Å². The summed E-state index contributed by atoms with van der Waals surface area (Å²) < 4.78 is 7.02. The third kappa shape index (κ3) is 2.94. The number of amides is 1. The molecule has 0 aliphatic heterocycles. The van der Waals surface area contributed by atoms with E-state index in [0.717, 1.165) is 10.9 Å². The Balaban J connectivity index is 2.37.